The molecule has 0 bridgehead atoms. The smallest absolute Gasteiger partial charge is 0.259 e. The molecule has 0 atom stereocenters. The Morgan fingerprint density at radius 2 is 1.83 bits per heavy atom. The number of methoxy groups -OCH3 is 1. The third-order valence-corrected chi connectivity index (χ3v) is 4.67. The largest absolute Gasteiger partial charge is 0.497 e. The number of ether oxygens (including phenoxy) is 1. The monoisotopic (exact) mass is 331 g/mol. The van der Waals surface area contributed by atoms with Crippen LogP contribution in [0.2, 0.25) is 0 Å². The standard InChI is InChI=1S/C19H29N3O2/c1-19(2,3)14-5-7-16(8-6-14)21-22-18(23)13-20-15-9-11-17(24-4)12-10-15/h9-12,14,20H,5-8,13H2,1-4H3,(H,22,23). The van der Waals surface area contributed by atoms with Crippen molar-refractivity contribution in [2.75, 3.05) is 19.0 Å². The maximum Gasteiger partial charge on any atom is 0.259 e. The fourth-order valence-electron chi connectivity index (χ4n) is 3.00. The van der Waals surface area contributed by atoms with E-state index in [1.165, 1.54) is 0 Å². The predicted octanol–water partition coefficient (Wildman–Crippen LogP) is 3.82. The summed E-state index contributed by atoms with van der Waals surface area (Å²) in [4.78, 5) is 11.9. The maximum atomic E-state index is 11.9. The summed E-state index contributed by atoms with van der Waals surface area (Å²) in [6.07, 6.45) is 4.27. The molecule has 0 spiro atoms. The van der Waals surface area contributed by atoms with E-state index in [1.54, 1.807) is 7.11 Å². The Kier molecular flexibility index (Phi) is 6.23. The van der Waals surface area contributed by atoms with Gasteiger partial charge in [-0.2, -0.15) is 5.10 Å². The van der Waals surface area contributed by atoms with Crippen LogP contribution in [0.3, 0.4) is 0 Å². The van der Waals surface area contributed by atoms with Crippen molar-refractivity contribution in [2.24, 2.45) is 16.4 Å². The van der Waals surface area contributed by atoms with Crippen molar-refractivity contribution in [3.63, 3.8) is 0 Å². The van der Waals surface area contributed by atoms with Gasteiger partial charge >= 0.3 is 0 Å². The molecule has 1 aromatic rings. The Hall–Kier alpha value is -2.04. The first-order valence-electron chi connectivity index (χ1n) is 8.60. The van der Waals surface area contributed by atoms with Crippen molar-refractivity contribution in [3.05, 3.63) is 24.3 Å². The molecule has 1 amide bonds. The van der Waals surface area contributed by atoms with Crippen LogP contribution >= 0.6 is 0 Å². The van der Waals surface area contributed by atoms with Gasteiger partial charge in [0.05, 0.1) is 13.7 Å². The second kappa shape index (κ2) is 8.18. The number of hydrazone groups is 1. The number of hydrogen-bond donors (Lipinski definition) is 2. The van der Waals surface area contributed by atoms with E-state index in [0.29, 0.717) is 5.41 Å². The van der Waals surface area contributed by atoms with Crippen LogP contribution in [0.1, 0.15) is 46.5 Å². The van der Waals surface area contributed by atoms with E-state index in [1.807, 2.05) is 24.3 Å². The molecule has 132 valence electrons. The Labute approximate surface area is 144 Å². The van der Waals surface area contributed by atoms with Crippen molar-refractivity contribution in [3.8, 4) is 5.75 Å². The molecule has 1 aliphatic rings. The number of nitrogens with zero attached hydrogens (tertiary/aromatic N) is 1. The van der Waals surface area contributed by atoms with E-state index in [2.05, 4.69) is 36.6 Å². The van der Waals surface area contributed by atoms with E-state index in [0.717, 1.165) is 48.7 Å². The molecule has 24 heavy (non-hydrogen) atoms. The van der Waals surface area contributed by atoms with E-state index < -0.39 is 0 Å². The molecule has 1 saturated carbocycles. The Bertz CT molecular complexity index is 563. The van der Waals surface area contributed by atoms with Crippen LogP contribution in [0.4, 0.5) is 5.69 Å². The quantitative estimate of drug-likeness (QED) is 0.806. The van der Waals surface area contributed by atoms with Crippen LogP contribution < -0.4 is 15.5 Å². The molecule has 2 rings (SSSR count). The zero-order valence-electron chi connectivity index (χ0n) is 15.2. The van der Waals surface area contributed by atoms with Gasteiger partial charge in [0, 0.05) is 11.4 Å². The third kappa shape index (κ3) is 5.55. The number of rotatable bonds is 5. The van der Waals surface area contributed by atoms with Gasteiger partial charge in [0.1, 0.15) is 5.75 Å². The minimum Gasteiger partial charge on any atom is -0.497 e. The SMILES string of the molecule is COc1ccc(NCC(=O)NN=C2CCC(C(C)(C)C)CC2)cc1. The minimum absolute atomic E-state index is 0.128. The predicted molar refractivity (Wildman–Crippen MR) is 98.5 cm³/mol. The maximum absolute atomic E-state index is 11.9. The summed E-state index contributed by atoms with van der Waals surface area (Å²) >= 11 is 0. The lowest BCUT2D eigenvalue weighted by Crippen LogP contribution is -2.29. The van der Waals surface area contributed by atoms with Crippen LogP contribution in [0.25, 0.3) is 0 Å². The Morgan fingerprint density at radius 1 is 1.21 bits per heavy atom. The lowest BCUT2D eigenvalue weighted by atomic mass is 9.72. The lowest BCUT2D eigenvalue weighted by Gasteiger charge is -2.34. The third-order valence-electron chi connectivity index (χ3n) is 4.67. The number of hydrogen-bond acceptors (Lipinski definition) is 4. The number of benzene rings is 1. The Morgan fingerprint density at radius 3 is 2.38 bits per heavy atom. The molecule has 0 heterocycles. The molecular weight excluding hydrogens is 302 g/mol. The summed E-state index contributed by atoms with van der Waals surface area (Å²) in [6, 6.07) is 7.47. The van der Waals surface area contributed by atoms with Gasteiger partial charge in [0.25, 0.3) is 5.91 Å². The highest BCUT2D eigenvalue weighted by Gasteiger charge is 2.28. The van der Waals surface area contributed by atoms with E-state index in [4.69, 9.17) is 4.74 Å². The van der Waals surface area contributed by atoms with Gasteiger partial charge in [0.15, 0.2) is 0 Å². The van der Waals surface area contributed by atoms with Crippen LogP contribution in [0, 0.1) is 11.3 Å². The highest BCUT2D eigenvalue weighted by Crippen LogP contribution is 2.36. The molecule has 0 unspecified atom stereocenters. The van der Waals surface area contributed by atoms with Crippen LogP contribution in [0.15, 0.2) is 29.4 Å². The van der Waals surface area contributed by atoms with Crippen molar-refractivity contribution in [1.82, 2.24) is 5.43 Å². The second-order valence-corrected chi connectivity index (χ2v) is 7.44. The number of carbonyl (C=O) groups is 1. The van der Waals surface area contributed by atoms with Gasteiger partial charge in [-0.25, -0.2) is 5.43 Å². The van der Waals surface area contributed by atoms with Crippen LogP contribution in [0.5, 0.6) is 5.75 Å². The van der Waals surface area contributed by atoms with Gasteiger partial charge in [0.2, 0.25) is 0 Å². The molecule has 0 aliphatic heterocycles. The number of amides is 1. The van der Waals surface area contributed by atoms with E-state index >= 15 is 0 Å². The second-order valence-electron chi connectivity index (χ2n) is 7.44. The van der Waals surface area contributed by atoms with E-state index in [-0.39, 0.29) is 12.5 Å². The first kappa shape index (κ1) is 18.3. The molecule has 5 nitrogen and oxygen atoms in total. The average Bonchev–Trinajstić information content (AvgIpc) is 2.58. The first-order valence-corrected chi connectivity index (χ1v) is 8.60. The van der Waals surface area contributed by atoms with Crippen molar-refractivity contribution in [2.45, 2.75) is 46.5 Å². The zero-order chi connectivity index (χ0) is 17.6. The zero-order valence-corrected chi connectivity index (χ0v) is 15.2. The molecule has 5 heteroatoms. The highest BCUT2D eigenvalue weighted by atomic mass is 16.5. The Balaban J connectivity index is 1.73. The average molecular weight is 331 g/mol. The van der Waals surface area contributed by atoms with Gasteiger partial charge in [-0.05, 0) is 61.3 Å². The first-order chi connectivity index (χ1) is 11.4. The van der Waals surface area contributed by atoms with Crippen molar-refractivity contribution in [1.29, 1.82) is 0 Å². The molecule has 1 fully saturated rings. The summed E-state index contributed by atoms with van der Waals surface area (Å²) in [7, 11) is 1.63. The van der Waals surface area contributed by atoms with Crippen LogP contribution in [-0.2, 0) is 4.79 Å². The molecule has 0 radical (unpaired) electrons. The fourth-order valence-corrected chi connectivity index (χ4v) is 3.00. The number of anilines is 1. The molecule has 2 N–H and O–H groups in total. The molecule has 0 saturated heterocycles. The molecular formula is C19H29N3O2. The summed E-state index contributed by atoms with van der Waals surface area (Å²) in [6.45, 7) is 7.10. The lowest BCUT2D eigenvalue weighted by molar-refractivity contribution is -0.119. The molecule has 0 aromatic heterocycles. The summed E-state index contributed by atoms with van der Waals surface area (Å²) in [5.41, 5.74) is 5.00. The molecule has 1 aromatic carbocycles. The number of carbonyl (C=O) groups excluding carboxylic acids is 1. The van der Waals surface area contributed by atoms with Gasteiger partial charge in [-0.1, -0.05) is 20.8 Å². The van der Waals surface area contributed by atoms with Crippen molar-refractivity contribution >= 4 is 17.3 Å². The number of nitrogens with one attached hydrogen (secondary N) is 2. The van der Waals surface area contributed by atoms with Gasteiger partial charge in [-0.3, -0.25) is 4.79 Å². The minimum atomic E-state index is -0.128. The topological polar surface area (TPSA) is 62.7 Å². The normalized spacial score (nSPS) is 18.0. The van der Waals surface area contributed by atoms with E-state index in [9.17, 15) is 4.79 Å². The highest BCUT2D eigenvalue weighted by molar-refractivity contribution is 5.87. The van der Waals surface area contributed by atoms with Crippen molar-refractivity contribution < 1.29 is 9.53 Å². The summed E-state index contributed by atoms with van der Waals surface area (Å²) < 4.78 is 5.10. The fraction of sp³-hybridized carbons (Fsp3) is 0.579. The van der Waals surface area contributed by atoms with Crippen LogP contribution in [-0.4, -0.2) is 25.3 Å². The van der Waals surface area contributed by atoms with Gasteiger partial charge < -0.3 is 10.1 Å². The molecule has 1 aliphatic carbocycles. The summed E-state index contributed by atoms with van der Waals surface area (Å²) in [5.74, 6) is 1.41. The van der Waals surface area contributed by atoms with Gasteiger partial charge in [-0.15, -0.1) is 0 Å². The summed E-state index contributed by atoms with van der Waals surface area (Å²) in [5, 5.41) is 7.37.